The Labute approximate surface area is 93.4 Å². The Kier molecular flexibility index (Phi) is 4.58. The van der Waals surface area contributed by atoms with Crippen molar-refractivity contribution in [2.24, 2.45) is 17.6 Å². The number of likely N-dealkylation sites (tertiary alicyclic amines) is 1. The average Bonchev–Trinajstić information content (AvgIpc) is 2.60. The van der Waals surface area contributed by atoms with E-state index in [0.29, 0.717) is 13.1 Å². The molecule has 1 saturated heterocycles. The second-order valence-corrected chi connectivity index (χ2v) is 4.52. The normalized spacial score (nSPS) is 27.0. The minimum absolute atomic E-state index is 0.0524. The van der Waals surface area contributed by atoms with Crippen molar-refractivity contribution in [3.63, 3.8) is 0 Å². The molecule has 1 aliphatic heterocycles. The van der Waals surface area contributed by atoms with Gasteiger partial charge in [-0.25, -0.2) is 0 Å². The molecule has 1 fully saturated rings. The maximum Gasteiger partial charge on any atom is 0.394 e. The molecular formula is C10H19F3N2O. The van der Waals surface area contributed by atoms with E-state index in [1.165, 1.54) is 0 Å². The zero-order chi connectivity index (χ0) is 12.3. The van der Waals surface area contributed by atoms with Crippen LogP contribution in [0.1, 0.15) is 13.3 Å². The van der Waals surface area contributed by atoms with Gasteiger partial charge in [-0.1, -0.05) is 0 Å². The minimum atomic E-state index is -4.22. The molecule has 1 aliphatic rings. The second-order valence-electron chi connectivity index (χ2n) is 4.52. The van der Waals surface area contributed by atoms with Gasteiger partial charge in [0.1, 0.15) is 0 Å². The molecule has 0 aliphatic carbocycles. The first-order valence-corrected chi connectivity index (χ1v) is 5.51. The fraction of sp³-hybridized carbons (Fsp3) is 1.00. The lowest BCUT2D eigenvalue weighted by atomic mass is 10.0. The van der Waals surface area contributed by atoms with E-state index in [4.69, 9.17) is 5.73 Å². The SMILES string of the molecule is CC(O)C1CCN(CC(CN)C(F)(F)F)C1. The number of rotatable bonds is 4. The van der Waals surface area contributed by atoms with Crippen molar-refractivity contribution in [2.45, 2.75) is 25.6 Å². The predicted molar refractivity (Wildman–Crippen MR) is 54.8 cm³/mol. The molecule has 3 nitrogen and oxygen atoms in total. The maximum absolute atomic E-state index is 12.5. The van der Waals surface area contributed by atoms with Gasteiger partial charge in [-0.15, -0.1) is 0 Å². The number of hydrogen-bond acceptors (Lipinski definition) is 3. The van der Waals surface area contributed by atoms with Gasteiger partial charge in [-0.3, -0.25) is 0 Å². The van der Waals surface area contributed by atoms with E-state index in [1.807, 2.05) is 0 Å². The molecule has 0 spiro atoms. The molecule has 3 unspecified atom stereocenters. The van der Waals surface area contributed by atoms with E-state index in [-0.39, 0.29) is 19.0 Å². The van der Waals surface area contributed by atoms with Crippen molar-refractivity contribution >= 4 is 0 Å². The molecule has 1 rings (SSSR count). The van der Waals surface area contributed by atoms with Crippen LogP contribution in [0.3, 0.4) is 0 Å². The minimum Gasteiger partial charge on any atom is -0.393 e. The van der Waals surface area contributed by atoms with Crippen LogP contribution in [0.15, 0.2) is 0 Å². The van der Waals surface area contributed by atoms with Crippen LogP contribution in [0.25, 0.3) is 0 Å². The van der Waals surface area contributed by atoms with Crippen LogP contribution in [0.2, 0.25) is 0 Å². The van der Waals surface area contributed by atoms with Crippen LogP contribution in [0.4, 0.5) is 13.2 Å². The molecule has 0 aromatic rings. The maximum atomic E-state index is 12.5. The molecule has 1 heterocycles. The summed E-state index contributed by atoms with van der Waals surface area (Å²) in [6.45, 7) is 2.40. The highest BCUT2D eigenvalue weighted by atomic mass is 19.4. The van der Waals surface area contributed by atoms with Crippen molar-refractivity contribution in [3.8, 4) is 0 Å². The van der Waals surface area contributed by atoms with E-state index in [2.05, 4.69) is 0 Å². The first-order valence-electron chi connectivity index (χ1n) is 5.51. The Morgan fingerprint density at radius 1 is 1.50 bits per heavy atom. The van der Waals surface area contributed by atoms with Crippen molar-refractivity contribution in [1.29, 1.82) is 0 Å². The Morgan fingerprint density at radius 3 is 2.50 bits per heavy atom. The summed E-state index contributed by atoms with van der Waals surface area (Å²) in [7, 11) is 0. The van der Waals surface area contributed by atoms with E-state index in [0.717, 1.165) is 6.42 Å². The van der Waals surface area contributed by atoms with Gasteiger partial charge in [0.2, 0.25) is 0 Å². The standard InChI is InChI=1S/C10H19F3N2O/c1-7(16)8-2-3-15(5-8)6-9(4-14)10(11,12)13/h7-9,16H,2-6,14H2,1H3. The fourth-order valence-corrected chi connectivity index (χ4v) is 2.05. The third-order valence-corrected chi connectivity index (χ3v) is 3.22. The number of alkyl halides is 3. The van der Waals surface area contributed by atoms with Gasteiger partial charge in [-0.2, -0.15) is 13.2 Å². The first kappa shape index (κ1) is 13.7. The summed E-state index contributed by atoms with van der Waals surface area (Å²) in [4.78, 5) is 1.74. The molecular weight excluding hydrogens is 221 g/mol. The van der Waals surface area contributed by atoms with Crippen LogP contribution in [0.5, 0.6) is 0 Å². The topological polar surface area (TPSA) is 49.5 Å². The van der Waals surface area contributed by atoms with Crippen LogP contribution < -0.4 is 5.73 Å². The predicted octanol–water partition coefficient (Wildman–Crippen LogP) is 0.826. The number of aliphatic hydroxyl groups excluding tert-OH is 1. The van der Waals surface area contributed by atoms with Crippen molar-refractivity contribution in [3.05, 3.63) is 0 Å². The van der Waals surface area contributed by atoms with Crippen molar-refractivity contribution < 1.29 is 18.3 Å². The van der Waals surface area contributed by atoms with Crippen molar-refractivity contribution in [2.75, 3.05) is 26.2 Å². The molecule has 96 valence electrons. The van der Waals surface area contributed by atoms with E-state index >= 15 is 0 Å². The zero-order valence-electron chi connectivity index (χ0n) is 9.37. The summed E-state index contributed by atoms with van der Waals surface area (Å²) in [6, 6.07) is 0. The molecule has 16 heavy (non-hydrogen) atoms. The number of aliphatic hydroxyl groups is 1. The summed E-state index contributed by atoms with van der Waals surface area (Å²) in [5.41, 5.74) is 5.14. The van der Waals surface area contributed by atoms with Gasteiger partial charge in [0.05, 0.1) is 12.0 Å². The number of hydrogen-bond donors (Lipinski definition) is 2. The quantitative estimate of drug-likeness (QED) is 0.765. The highest BCUT2D eigenvalue weighted by Gasteiger charge is 2.40. The molecule has 0 amide bonds. The lowest BCUT2D eigenvalue weighted by Crippen LogP contribution is -2.40. The Balaban J connectivity index is 2.44. The number of nitrogens with two attached hydrogens (primary N) is 1. The largest absolute Gasteiger partial charge is 0.394 e. The van der Waals surface area contributed by atoms with E-state index in [1.54, 1.807) is 11.8 Å². The van der Waals surface area contributed by atoms with Crippen LogP contribution in [0, 0.1) is 11.8 Å². The molecule has 0 aromatic heterocycles. The van der Waals surface area contributed by atoms with Gasteiger partial charge in [0, 0.05) is 19.6 Å². The Morgan fingerprint density at radius 2 is 2.12 bits per heavy atom. The van der Waals surface area contributed by atoms with Crippen LogP contribution in [-0.4, -0.2) is 48.5 Å². The first-order chi connectivity index (χ1) is 7.34. The Bertz CT molecular complexity index is 221. The molecule has 0 radical (unpaired) electrons. The monoisotopic (exact) mass is 240 g/mol. The lowest BCUT2D eigenvalue weighted by Gasteiger charge is -2.24. The second kappa shape index (κ2) is 5.33. The van der Waals surface area contributed by atoms with Gasteiger partial charge >= 0.3 is 6.18 Å². The van der Waals surface area contributed by atoms with E-state index < -0.39 is 18.2 Å². The van der Waals surface area contributed by atoms with E-state index in [9.17, 15) is 18.3 Å². The summed E-state index contributed by atoms with van der Waals surface area (Å²) in [5.74, 6) is -1.37. The molecule has 3 N–H and O–H groups in total. The third-order valence-electron chi connectivity index (χ3n) is 3.22. The highest BCUT2D eigenvalue weighted by molar-refractivity contribution is 4.82. The smallest absolute Gasteiger partial charge is 0.393 e. The molecule has 0 aromatic carbocycles. The zero-order valence-corrected chi connectivity index (χ0v) is 9.37. The number of nitrogens with zero attached hydrogens (tertiary/aromatic N) is 1. The molecule has 3 atom stereocenters. The third kappa shape index (κ3) is 3.61. The van der Waals surface area contributed by atoms with Crippen LogP contribution in [-0.2, 0) is 0 Å². The average molecular weight is 240 g/mol. The summed E-state index contributed by atoms with van der Waals surface area (Å²) in [5, 5.41) is 9.35. The Hall–Kier alpha value is -0.330. The summed E-state index contributed by atoms with van der Waals surface area (Å²) >= 11 is 0. The van der Waals surface area contributed by atoms with Crippen molar-refractivity contribution in [1.82, 2.24) is 4.90 Å². The molecule has 0 bridgehead atoms. The van der Waals surface area contributed by atoms with Gasteiger partial charge in [0.25, 0.3) is 0 Å². The fourth-order valence-electron chi connectivity index (χ4n) is 2.05. The number of halogens is 3. The lowest BCUT2D eigenvalue weighted by molar-refractivity contribution is -0.175. The van der Waals surface area contributed by atoms with Gasteiger partial charge < -0.3 is 15.7 Å². The van der Waals surface area contributed by atoms with Gasteiger partial charge in [0.15, 0.2) is 0 Å². The summed E-state index contributed by atoms with van der Waals surface area (Å²) < 4.78 is 37.4. The molecule has 6 heteroatoms. The van der Waals surface area contributed by atoms with Crippen LogP contribution >= 0.6 is 0 Å². The van der Waals surface area contributed by atoms with Gasteiger partial charge in [-0.05, 0) is 25.8 Å². The highest BCUT2D eigenvalue weighted by Crippen LogP contribution is 2.28. The molecule has 0 saturated carbocycles. The summed E-state index contributed by atoms with van der Waals surface area (Å²) in [6.07, 6.45) is -3.92.